The summed E-state index contributed by atoms with van der Waals surface area (Å²) in [7, 11) is 0. The molecule has 2 aliphatic rings. The summed E-state index contributed by atoms with van der Waals surface area (Å²) in [5.74, 6) is -1.01. The molecule has 1 aromatic rings. The average Bonchev–Trinajstić information content (AvgIpc) is 2.67. The summed E-state index contributed by atoms with van der Waals surface area (Å²) in [6, 6.07) is 2.48. The van der Waals surface area contributed by atoms with E-state index in [1.165, 1.54) is 11.8 Å². The van der Waals surface area contributed by atoms with E-state index in [0.717, 1.165) is 0 Å². The first-order chi connectivity index (χ1) is 10.9. The van der Waals surface area contributed by atoms with Gasteiger partial charge in [-0.2, -0.15) is 0 Å². The maximum atomic E-state index is 12.3. The van der Waals surface area contributed by atoms with Gasteiger partial charge in [0.25, 0.3) is 5.91 Å². The fourth-order valence-corrected chi connectivity index (χ4v) is 3.05. The molecule has 1 aromatic heterocycles. The molecule has 23 heavy (non-hydrogen) atoms. The molecule has 2 atom stereocenters. The molecule has 2 amide bonds. The van der Waals surface area contributed by atoms with Crippen molar-refractivity contribution in [1.29, 1.82) is 0 Å². The van der Waals surface area contributed by atoms with Crippen molar-refractivity contribution in [3.8, 4) is 0 Å². The SMILES string of the molecule is C[C@@H](C(=O)O)N1CC[C@]2(CCC1=O)NC(=O)c1cccnc1N2. The van der Waals surface area contributed by atoms with Crippen LogP contribution < -0.4 is 10.6 Å². The Bertz CT molecular complexity index is 677. The third kappa shape index (κ3) is 2.71. The van der Waals surface area contributed by atoms with E-state index >= 15 is 0 Å². The second kappa shape index (κ2) is 5.53. The predicted octanol–water partition coefficient (Wildman–Crippen LogP) is 0.419. The molecule has 0 aromatic carbocycles. The molecule has 2 aliphatic heterocycles. The zero-order chi connectivity index (χ0) is 16.6. The Morgan fingerprint density at radius 3 is 2.91 bits per heavy atom. The number of rotatable bonds is 2. The first-order valence-electron chi connectivity index (χ1n) is 7.50. The number of pyridine rings is 1. The van der Waals surface area contributed by atoms with Gasteiger partial charge >= 0.3 is 5.97 Å². The van der Waals surface area contributed by atoms with Gasteiger partial charge in [-0.05, 0) is 25.5 Å². The van der Waals surface area contributed by atoms with E-state index in [2.05, 4.69) is 15.6 Å². The molecule has 8 heteroatoms. The molecule has 0 bridgehead atoms. The molecule has 3 rings (SSSR count). The molecule has 0 radical (unpaired) electrons. The quantitative estimate of drug-likeness (QED) is 0.728. The van der Waals surface area contributed by atoms with Crippen molar-refractivity contribution in [3.63, 3.8) is 0 Å². The lowest BCUT2D eigenvalue weighted by molar-refractivity contribution is -0.149. The largest absolute Gasteiger partial charge is 0.480 e. The average molecular weight is 318 g/mol. The number of amides is 2. The summed E-state index contributed by atoms with van der Waals surface area (Å²) < 4.78 is 0. The van der Waals surface area contributed by atoms with Gasteiger partial charge in [0.05, 0.1) is 5.56 Å². The Hall–Kier alpha value is -2.64. The van der Waals surface area contributed by atoms with Crippen LogP contribution in [0.2, 0.25) is 0 Å². The van der Waals surface area contributed by atoms with Crippen LogP contribution in [-0.2, 0) is 9.59 Å². The smallest absolute Gasteiger partial charge is 0.326 e. The van der Waals surface area contributed by atoms with Crippen LogP contribution in [0.4, 0.5) is 5.82 Å². The monoisotopic (exact) mass is 318 g/mol. The summed E-state index contributed by atoms with van der Waals surface area (Å²) in [6.45, 7) is 1.74. The number of nitrogens with one attached hydrogen (secondary N) is 2. The third-order valence-electron chi connectivity index (χ3n) is 4.45. The zero-order valence-corrected chi connectivity index (χ0v) is 12.7. The highest BCUT2D eigenvalue weighted by Gasteiger charge is 2.42. The first-order valence-corrected chi connectivity index (χ1v) is 7.50. The molecule has 0 aliphatic carbocycles. The molecule has 0 saturated carbocycles. The van der Waals surface area contributed by atoms with Gasteiger partial charge in [-0.3, -0.25) is 9.59 Å². The normalized spacial score (nSPS) is 25.2. The number of carboxylic acid groups (broad SMARTS) is 1. The number of carbonyl (C=O) groups is 3. The standard InChI is InChI=1S/C15H18N4O4/c1-9(14(22)23)19-8-6-15(5-4-11(19)20)17-12-10(13(21)18-15)3-2-7-16-12/h2-3,7,9H,4-6,8H2,1H3,(H,16,17)(H,18,21)(H,22,23)/t9-,15-/m0/s1. The summed E-state index contributed by atoms with van der Waals surface area (Å²) >= 11 is 0. The molecular weight excluding hydrogens is 300 g/mol. The van der Waals surface area contributed by atoms with Crippen LogP contribution in [0.1, 0.15) is 36.5 Å². The molecule has 3 heterocycles. The fraction of sp³-hybridized carbons (Fsp3) is 0.467. The molecule has 8 nitrogen and oxygen atoms in total. The second-order valence-corrected chi connectivity index (χ2v) is 5.91. The Labute approximate surface area is 132 Å². The van der Waals surface area contributed by atoms with Gasteiger partial charge in [-0.1, -0.05) is 0 Å². The van der Waals surface area contributed by atoms with Crippen LogP contribution in [0, 0.1) is 0 Å². The summed E-state index contributed by atoms with van der Waals surface area (Å²) in [4.78, 5) is 41.2. The van der Waals surface area contributed by atoms with E-state index in [0.29, 0.717) is 24.2 Å². The first kappa shape index (κ1) is 15.3. The van der Waals surface area contributed by atoms with Gasteiger partial charge in [0.1, 0.15) is 17.5 Å². The molecule has 122 valence electrons. The van der Waals surface area contributed by atoms with Crippen LogP contribution in [0.15, 0.2) is 18.3 Å². The number of aromatic nitrogens is 1. The van der Waals surface area contributed by atoms with Gasteiger partial charge < -0.3 is 20.6 Å². The maximum absolute atomic E-state index is 12.3. The van der Waals surface area contributed by atoms with Gasteiger partial charge in [-0.25, -0.2) is 9.78 Å². The van der Waals surface area contributed by atoms with E-state index in [4.69, 9.17) is 5.11 Å². The summed E-state index contributed by atoms with van der Waals surface area (Å²) in [6.07, 6.45) is 2.56. The predicted molar refractivity (Wildman–Crippen MR) is 80.7 cm³/mol. The Morgan fingerprint density at radius 1 is 1.39 bits per heavy atom. The minimum atomic E-state index is -1.04. The van der Waals surface area contributed by atoms with Crippen molar-refractivity contribution >= 4 is 23.6 Å². The van der Waals surface area contributed by atoms with Gasteiger partial charge in [0.2, 0.25) is 5.91 Å². The van der Waals surface area contributed by atoms with Crippen LogP contribution in [0.3, 0.4) is 0 Å². The van der Waals surface area contributed by atoms with E-state index in [1.54, 1.807) is 18.3 Å². The summed E-state index contributed by atoms with van der Waals surface area (Å²) in [5.41, 5.74) is -0.314. The second-order valence-electron chi connectivity index (χ2n) is 5.91. The number of nitrogens with zero attached hydrogens (tertiary/aromatic N) is 2. The maximum Gasteiger partial charge on any atom is 0.326 e. The fourth-order valence-electron chi connectivity index (χ4n) is 3.05. The lowest BCUT2D eigenvalue weighted by atomic mass is 9.97. The minimum absolute atomic E-state index is 0.160. The molecule has 1 saturated heterocycles. The minimum Gasteiger partial charge on any atom is -0.480 e. The molecule has 1 spiro atoms. The van der Waals surface area contributed by atoms with E-state index < -0.39 is 17.7 Å². The molecule has 1 fully saturated rings. The lowest BCUT2D eigenvalue weighted by Crippen LogP contribution is -2.58. The van der Waals surface area contributed by atoms with Crippen molar-refractivity contribution in [2.24, 2.45) is 0 Å². The van der Waals surface area contributed by atoms with E-state index in [9.17, 15) is 14.4 Å². The summed E-state index contributed by atoms with van der Waals surface area (Å²) in [5, 5.41) is 15.3. The number of carbonyl (C=O) groups excluding carboxylic acids is 2. The number of likely N-dealkylation sites (tertiary alicyclic amines) is 1. The molecule has 3 N–H and O–H groups in total. The van der Waals surface area contributed by atoms with Gasteiger partial charge in [0.15, 0.2) is 0 Å². The van der Waals surface area contributed by atoms with E-state index in [-0.39, 0.29) is 24.8 Å². The lowest BCUT2D eigenvalue weighted by Gasteiger charge is -2.39. The van der Waals surface area contributed by atoms with Gasteiger partial charge in [0, 0.05) is 25.6 Å². The Balaban J connectivity index is 1.84. The topological polar surface area (TPSA) is 112 Å². The molecular formula is C15H18N4O4. The number of anilines is 1. The highest BCUT2D eigenvalue weighted by Crippen LogP contribution is 2.30. The van der Waals surface area contributed by atoms with E-state index in [1.807, 2.05) is 0 Å². The molecule has 0 unspecified atom stereocenters. The van der Waals surface area contributed by atoms with Crippen LogP contribution in [-0.4, -0.2) is 51.0 Å². The van der Waals surface area contributed by atoms with Crippen LogP contribution in [0.5, 0.6) is 0 Å². The van der Waals surface area contributed by atoms with Crippen molar-refractivity contribution in [3.05, 3.63) is 23.9 Å². The third-order valence-corrected chi connectivity index (χ3v) is 4.45. The number of hydrogen-bond acceptors (Lipinski definition) is 5. The Kier molecular flexibility index (Phi) is 3.67. The van der Waals surface area contributed by atoms with Crippen LogP contribution in [0.25, 0.3) is 0 Å². The van der Waals surface area contributed by atoms with Crippen molar-refractivity contribution in [2.75, 3.05) is 11.9 Å². The highest BCUT2D eigenvalue weighted by atomic mass is 16.4. The zero-order valence-electron chi connectivity index (χ0n) is 12.7. The Morgan fingerprint density at radius 2 is 2.17 bits per heavy atom. The highest BCUT2D eigenvalue weighted by molar-refractivity contribution is 6.01. The number of carboxylic acids is 1. The van der Waals surface area contributed by atoms with Crippen LogP contribution >= 0.6 is 0 Å². The number of fused-ring (bicyclic) bond motifs is 1. The number of hydrogen-bond donors (Lipinski definition) is 3. The number of aliphatic carboxylic acids is 1. The van der Waals surface area contributed by atoms with Crippen molar-refractivity contribution in [2.45, 2.75) is 37.9 Å². The van der Waals surface area contributed by atoms with Gasteiger partial charge in [-0.15, -0.1) is 0 Å². The van der Waals surface area contributed by atoms with Crippen molar-refractivity contribution < 1.29 is 19.5 Å². The van der Waals surface area contributed by atoms with Crippen molar-refractivity contribution in [1.82, 2.24) is 15.2 Å².